The van der Waals surface area contributed by atoms with Crippen molar-refractivity contribution in [2.24, 2.45) is 11.7 Å². The average molecular weight is 264 g/mol. The van der Waals surface area contributed by atoms with Crippen LogP contribution in [0.3, 0.4) is 0 Å². The van der Waals surface area contributed by atoms with Crippen molar-refractivity contribution in [2.45, 2.75) is 33.2 Å². The summed E-state index contributed by atoms with van der Waals surface area (Å²) < 4.78 is 5.40. The van der Waals surface area contributed by atoms with Gasteiger partial charge in [0.2, 0.25) is 5.91 Å². The lowest BCUT2D eigenvalue weighted by Crippen LogP contribution is -2.51. The zero-order valence-corrected chi connectivity index (χ0v) is 12.2. The van der Waals surface area contributed by atoms with Gasteiger partial charge in [-0.15, -0.1) is 0 Å². The quantitative estimate of drug-likeness (QED) is 0.792. The molecule has 1 atom stereocenters. The number of primary amides is 1. The highest BCUT2D eigenvalue weighted by atomic mass is 16.5. The zero-order valence-electron chi connectivity index (χ0n) is 12.2. The van der Waals surface area contributed by atoms with Crippen molar-refractivity contribution in [1.29, 1.82) is 0 Å². The van der Waals surface area contributed by atoms with Crippen molar-refractivity contribution < 1.29 is 9.53 Å². The van der Waals surface area contributed by atoms with Crippen molar-refractivity contribution in [3.63, 3.8) is 0 Å². The van der Waals surface area contributed by atoms with E-state index in [0.29, 0.717) is 12.5 Å². The van der Waals surface area contributed by atoms with Gasteiger partial charge in [0, 0.05) is 0 Å². The van der Waals surface area contributed by atoms with Crippen molar-refractivity contribution in [3.05, 3.63) is 29.8 Å². The number of nitrogens with one attached hydrogen (secondary N) is 1. The Balaban J connectivity index is 2.94. The minimum absolute atomic E-state index is 0.377. The molecule has 3 N–H and O–H groups in total. The molecule has 1 amide bonds. The molecule has 0 radical (unpaired) electrons. The van der Waals surface area contributed by atoms with Gasteiger partial charge in [0.1, 0.15) is 11.3 Å². The first-order valence-corrected chi connectivity index (χ1v) is 6.68. The van der Waals surface area contributed by atoms with Gasteiger partial charge < -0.3 is 10.5 Å². The number of nitrogens with two attached hydrogens (primary N) is 1. The average Bonchev–Trinajstić information content (AvgIpc) is 2.37. The maximum Gasteiger partial charge on any atom is 0.242 e. The van der Waals surface area contributed by atoms with Crippen LogP contribution in [-0.4, -0.2) is 19.1 Å². The van der Waals surface area contributed by atoms with Gasteiger partial charge in [-0.3, -0.25) is 10.1 Å². The van der Waals surface area contributed by atoms with Gasteiger partial charge in [-0.05, 0) is 44.0 Å². The fourth-order valence-corrected chi connectivity index (χ4v) is 1.79. The van der Waals surface area contributed by atoms with E-state index >= 15 is 0 Å². The van der Waals surface area contributed by atoms with Crippen LogP contribution in [0.25, 0.3) is 0 Å². The lowest BCUT2D eigenvalue weighted by Gasteiger charge is -2.29. The third-order valence-corrected chi connectivity index (χ3v) is 3.10. The molecular weight excluding hydrogens is 240 g/mol. The summed E-state index contributed by atoms with van der Waals surface area (Å²) in [6, 6.07) is 7.47. The minimum atomic E-state index is -0.852. The number of hydrogen-bond donors (Lipinski definition) is 2. The maximum absolute atomic E-state index is 11.8. The molecular formula is C15H24N2O2. The Bertz CT molecular complexity index is 415. The standard InChI is InChI=1S/C15H24N2O2/c1-5-19-13-8-6-12(7-9-13)15(4,14(16)18)17-10-11(2)3/h6-9,11,17H,5,10H2,1-4H3,(H2,16,18). The molecule has 0 saturated heterocycles. The van der Waals surface area contributed by atoms with Gasteiger partial charge in [-0.25, -0.2) is 0 Å². The predicted molar refractivity (Wildman–Crippen MR) is 77.0 cm³/mol. The molecule has 0 saturated carbocycles. The monoisotopic (exact) mass is 264 g/mol. The zero-order chi connectivity index (χ0) is 14.5. The van der Waals surface area contributed by atoms with Crippen LogP contribution in [0.5, 0.6) is 5.75 Å². The summed E-state index contributed by atoms with van der Waals surface area (Å²) in [4.78, 5) is 11.8. The number of benzene rings is 1. The van der Waals surface area contributed by atoms with Crippen LogP contribution in [0.15, 0.2) is 24.3 Å². The van der Waals surface area contributed by atoms with Gasteiger partial charge >= 0.3 is 0 Å². The molecule has 1 aromatic carbocycles. The van der Waals surface area contributed by atoms with E-state index in [-0.39, 0.29) is 5.91 Å². The summed E-state index contributed by atoms with van der Waals surface area (Å²) in [7, 11) is 0. The second-order valence-corrected chi connectivity index (χ2v) is 5.22. The van der Waals surface area contributed by atoms with Crippen LogP contribution in [-0.2, 0) is 10.3 Å². The SMILES string of the molecule is CCOc1ccc(C(C)(NCC(C)C)C(N)=O)cc1. The summed E-state index contributed by atoms with van der Waals surface area (Å²) in [6.07, 6.45) is 0. The van der Waals surface area contributed by atoms with E-state index < -0.39 is 5.54 Å². The molecule has 0 aliphatic carbocycles. The molecule has 0 aliphatic heterocycles. The van der Waals surface area contributed by atoms with Crippen molar-refractivity contribution in [1.82, 2.24) is 5.32 Å². The topological polar surface area (TPSA) is 64.3 Å². The van der Waals surface area contributed by atoms with E-state index in [1.54, 1.807) is 0 Å². The second kappa shape index (κ2) is 6.57. The molecule has 1 unspecified atom stereocenters. The Morgan fingerprint density at radius 1 is 1.37 bits per heavy atom. The number of amides is 1. The maximum atomic E-state index is 11.8. The minimum Gasteiger partial charge on any atom is -0.494 e. The summed E-state index contributed by atoms with van der Waals surface area (Å²) in [5.74, 6) is 0.862. The third kappa shape index (κ3) is 3.96. The fraction of sp³-hybridized carbons (Fsp3) is 0.533. The first kappa shape index (κ1) is 15.5. The number of hydrogen-bond acceptors (Lipinski definition) is 3. The summed E-state index contributed by atoms with van der Waals surface area (Å²) in [5, 5.41) is 3.25. The van der Waals surface area contributed by atoms with Gasteiger partial charge in [0.25, 0.3) is 0 Å². The summed E-state index contributed by atoms with van der Waals surface area (Å²) in [5.41, 5.74) is 5.55. The molecule has 0 fully saturated rings. The molecule has 0 heterocycles. The van der Waals surface area contributed by atoms with Crippen LogP contribution in [0.1, 0.15) is 33.3 Å². The largest absolute Gasteiger partial charge is 0.494 e. The normalized spacial score (nSPS) is 14.2. The van der Waals surface area contributed by atoms with E-state index in [4.69, 9.17) is 10.5 Å². The van der Waals surface area contributed by atoms with Gasteiger partial charge in [-0.2, -0.15) is 0 Å². The molecule has 0 spiro atoms. The van der Waals surface area contributed by atoms with E-state index in [0.717, 1.165) is 17.9 Å². The summed E-state index contributed by atoms with van der Waals surface area (Å²) in [6.45, 7) is 9.28. The number of carbonyl (C=O) groups is 1. The lowest BCUT2D eigenvalue weighted by molar-refractivity contribution is -0.124. The highest BCUT2D eigenvalue weighted by Crippen LogP contribution is 2.23. The van der Waals surface area contributed by atoms with Crippen LogP contribution < -0.4 is 15.8 Å². The number of carbonyl (C=O) groups excluding carboxylic acids is 1. The molecule has 1 rings (SSSR count). The molecule has 4 nitrogen and oxygen atoms in total. The number of ether oxygens (including phenoxy) is 1. The predicted octanol–water partition coefficient (Wildman–Crippen LogP) is 2.03. The van der Waals surface area contributed by atoms with Crippen LogP contribution >= 0.6 is 0 Å². The Hall–Kier alpha value is -1.55. The first-order valence-electron chi connectivity index (χ1n) is 6.68. The van der Waals surface area contributed by atoms with Crippen molar-refractivity contribution >= 4 is 5.91 Å². The van der Waals surface area contributed by atoms with Gasteiger partial charge in [0.05, 0.1) is 6.61 Å². The van der Waals surface area contributed by atoms with Gasteiger partial charge in [-0.1, -0.05) is 26.0 Å². The van der Waals surface area contributed by atoms with Crippen LogP contribution in [0.2, 0.25) is 0 Å². The van der Waals surface area contributed by atoms with E-state index in [2.05, 4.69) is 19.2 Å². The third-order valence-electron chi connectivity index (χ3n) is 3.10. The molecule has 106 valence electrons. The summed E-state index contributed by atoms with van der Waals surface area (Å²) >= 11 is 0. The van der Waals surface area contributed by atoms with Crippen molar-refractivity contribution in [2.75, 3.05) is 13.2 Å². The molecule has 0 aliphatic rings. The smallest absolute Gasteiger partial charge is 0.242 e. The van der Waals surface area contributed by atoms with Crippen LogP contribution in [0.4, 0.5) is 0 Å². The molecule has 19 heavy (non-hydrogen) atoms. The van der Waals surface area contributed by atoms with Crippen molar-refractivity contribution in [3.8, 4) is 5.75 Å². The van der Waals surface area contributed by atoms with E-state index in [1.807, 2.05) is 38.1 Å². The first-order chi connectivity index (χ1) is 8.90. The van der Waals surface area contributed by atoms with E-state index in [9.17, 15) is 4.79 Å². The second-order valence-electron chi connectivity index (χ2n) is 5.22. The Labute approximate surface area is 115 Å². The fourth-order valence-electron chi connectivity index (χ4n) is 1.79. The Kier molecular flexibility index (Phi) is 5.36. The Morgan fingerprint density at radius 3 is 2.37 bits per heavy atom. The Morgan fingerprint density at radius 2 is 1.95 bits per heavy atom. The molecule has 0 bridgehead atoms. The van der Waals surface area contributed by atoms with Gasteiger partial charge in [0.15, 0.2) is 0 Å². The highest BCUT2D eigenvalue weighted by Gasteiger charge is 2.32. The number of rotatable bonds is 7. The molecule has 4 heteroatoms. The molecule has 1 aromatic rings. The lowest BCUT2D eigenvalue weighted by atomic mass is 9.90. The van der Waals surface area contributed by atoms with E-state index in [1.165, 1.54) is 0 Å². The molecule has 0 aromatic heterocycles. The highest BCUT2D eigenvalue weighted by molar-refractivity contribution is 5.85. The van der Waals surface area contributed by atoms with Crippen LogP contribution in [0, 0.1) is 5.92 Å².